The molecule has 80 valence electrons. The van der Waals surface area contributed by atoms with E-state index in [9.17, 15) is 4.39 Å². The van der Waals surface area contributed by atoms with E-state index in [2.05, 4.69) is 17.6 Å². The molecule has 3 heteroatoms. The molecule has 1 nitrogen and oxygen atoms in total. The van der Waals surface area contributed by atoms with Crippen LogP contribution in [0.3, 0.4) is 0 Å². The third kappa shape index (κ3) is 2.19. The topological polar surface area (TPSA) is 12.0 Å². The van der Waals surface area contributed by atoms with Gasteiger partial charge in [0.2, 0.25) is 0 Å². The number of halogens is 1. The van der Waals surface area contributed by atoms with Gasteiger partial charge >= 0.3 is 0 Å². The van der Waals surface area contributed by atoms with E-state index in [4.69, 9.17) is 0 Å². The average Bonchev–Trinajstić information content (AvgIpc) is 2.64. The molecule has 0 unspecified atom stereocenters. The molecule has 1 aromatic heterocycles. The number of benzene rings is 1. The first-order chi connectivity index (χ1) is 7.33. The van der Waals surface area contributed by atoms with E-state index in [1.807, 2.05) is 6.07 Å². The summed E-state index contributed by atoms with van der Waals surface area (Å²) in [4.78, 5) is 0. The summed E-state index contributed by atoms with van der Waals surface area (Å²) >= 11 is 1.50. The summed E-state index contributed by atoms with van der Waals surface area (Å²) in [7, 11) is 0. The van der Waals surface area contributed by atoms with Gasteiger partial charge in [0.15, 0.2) is 0 Å². The van der Waals surface area contributed by atoms with Crippen molar-refractivity contribution in [1.82, 2.24) is 5.32 Å². The van der Waals surface area contributed by atoms with E-state index in [0.717, 1.165) is 29.6 Å². The number of likely N-dealkylation sites (N-methyl/N-ethyl adjacent to an activating group) is 1. The minimum absolute atomic E-state index is 0.104. The fourth-order valence-electron chi connectivity index (χ4n) is 1.67. The Hall–Kier alpha value is -0.930. The van der Waals surface area contributed by atoms with Crippen molar-refractivity contribution < 1.29 is 4.39 Å². The van der Waals surface area contributed by atoms with Gasteiger partial charge < -0.3 is 5.32 Å². The highest BCUT2D eigenvalue weighted by atomic mass is 32.1. The van der Waals surface area contributed by atoms with Crippen LogP contribution in [0.1, 0.15) is 12.5 Å². The third-order valence-electron chi connectivity index (χ3n) is 2.45. The highest BCUT2D eigenvalue weighted by Crippen LogP contribution is 2.28. The molecule has 1 heterocycles. The molecule has 1 aromatic carbocycles. The summed E-state index contributed by atoms with van der Waals surface area (Å²) in [6.45, 7) is 4.03. The zero-order chi connectivity index (χ0) is 10.7. The molecule has 0 fully saturated rings. The lowest BCUT2D eigenvalue weighted by molar-refractivity contribution is 0.641. The summed E-state index contributed by atoms with van der Waals surface area (Å²) in [5.41, 5.74) is 1.25. The van der Waals surface area contributed by atoms with Crippen LogP contribution in [0.25, 0.3) is 10.1 Å². The van der Waals surface area contributed by atoms with Crippen molar-refractivity contribution in [3.05, 3.63) is 35.0 Å². The van der Waals surface area contributed by atoms with Gasteiger partial charge in [-0.2, -0.15) is 0 Å². The highest BCUT2D eigenvalue weighted by molar-refractivity contribution is 7.17. The van der Waals surface area contributed by atoms with E-state index >= 15 is 0 Å². The Balaban J connectivity index is 2.25. The second-order valence-corrected chi connectivity index (χ2v) is 4.36. The maximum Gasteiger partial charge on any atom is 0.140 e. The van der Waals surface area contributed by atoms with Gasteiger partial charge in [-0.1, -0.05) is 19.1 Å². The van der Waals surface area contributed by atoms with Crippen molar-refractivity contribution in [2.45, 2.75) is 13.3 Å². The fourth-order valence-corrected chi connectivity index (χ4v) is 2.68. The van der Waals surface area contributed by atoms with Crippen LogP contribution < -0.4 is 5.32 Å². The molecule has 0 saturated carbocycles. The molecule has 15 heavy (non-hydrogen) atoms. The Kier molecular flexibility index (Phi) is 3.34. The maximum absolute atomic E-state index is 13.4. The van der Waals surface area contributed by atoms with Crippen molar-refractivity contribution >= 4 is 21.4 Å². The van der Waals surface area contributed by atoms with Crippen LogP contribution in [0, 0.1) is 5.82 Å². The molecule has 0 amide bonds. The van der Waals surface area contributed by atoms with Crippen LogP contribution in [0.2, 0.25) is 0 Å². The van der Waals surface area contributed by atoms with E-state index in [1.54, 1.807) is 6.07 Å². The Morgan fingerprint density at radius 2 is 2.27 bits per heavy atom. The highest BCUT2D eigenvalue weighted by Gasteiger charge is 2.06. The largest absolute Gasteiger partial charge is 0.317 e. The van der Waals surface area contributed by atoms with Crippen molar-refractivity contribution in [1.29, 1.82) is 0 Å². The van der Waals surface area contributed by atoms with Crippen LogP contribution >= 0.6 is 11.3 Å². The summed E-state index contributed by atoms with van der Waals surface area (Å²) in [5, 5.41) is 6.40. The molecule has 2 rings (SSSR count). The molecular formula is C12H14FNS. The first-order valence-electron chi connectivity index (χ1n) is 5.18. The zero-order valence-electron chi connectivity index (χ0n) is 8.72. The molecule has 0 radical (unpaired) electrons. The van der Waals surface area contributed by atoms with Gasteiger partial charge in [0.25, 0.3) is 0 Å². The molecule has 0 aliphatic heterocycles. The SMILES string of the molecule is CCNCCc1csc2c(F)cccc12. The molecule has 0 atom stereocenters. The predicted octanol–water partition coefficient (Wildman–Crippen LogP) is 3.19. The second kappa shape index (κ2) is 4.73. The number of thiophene rings is 1. The van der Waals surface area contributed by atoms with Gasteiger partial charge in [-0.15, -0.1) is 11.3 Å². The zero-order valence-corrected chi connectivity index (χ0v) is 9.53. The minimum atomic E-state index is -0.104. The van der Waals surface area contributed by atoms with Gasteiger partial charge in [-0.3, -0.25) is 0 Å². The number of fused-ring (bicyclic) bond motifs is 1. The lowest BCUT2D eigenvalue weighted by atomic mass is 10.1. The fraction of sp³-hybridized carbons (Fsp3) is 0.333. The van der Waals surface area contributed by atoms with Crippen molar-refractivity contribution in [3.63, 3.8) is 0 Å². The minimum Gasteiger partial charge on any atom is -0.317 e. The second-order valence-electron chi connectivity index (χ2n) is 3.48. The Morgan fingerprint density at radius 1 is 1.40 bits per heavy atom. The van der Waals surface area contributed by atoms with Crippen LogP contribution in [-0.2, 0) is 6.42 Å². The molecule has 2 aromatic rings. The quantitative estimate of drug-likeness (QED) is 0.785. The number of hydrogen-bond acceptors (Lipinski definition) is 2. The van der Waals surface area contributed by atoms with Gasteiger partial charge in [0.1, 0.15) is 5.82 Å². The Bertz CT molecular complexity index is 450. The first kappa shape index (κ1) is 10.6. The lowest BCUT2D eigenvalue weighted by Crippen LogP contribution is -2.15. The number of hydrogen-bond donors (Lipinski definition) is 1. The number of nitrogens with one attached hydrogen (secondary N) is 1. The third-order valence-corrected chi connectivity index (χ3v) is 3.51. The van der Waals surface area contributed by atoms with E-state index < -0.39 is 0 Å². The molecule has 0 aliphatic carbocycles. The Labute approximate surface area is 92.9 Å². The summed E-state index contributed by atoms with van der Waals surface area (Å²) in [6.07, 6.45) is 0.970. The summed E-state index contributed by atoms with van der Waals surface area (Å²) < 4.78 is 14.2. The molecule has 0 saturated heterocycles. The normalized spacial score (nSPS) is 11.1. The van der Waals surface area contributed by atoms with Gasteiger partial charge in [-0.25, -0.2) is 4.39 Å². The molecule has 1 N–H and O–H groups in total. The maximum atomic E-state index is 13.4. The van der Waals surface area contributed by atoms with Gasteiger partial charge in [-0.05, 0) is 41.9 Å². The summed E-state index contributed by atoms with van der Waals surface area (Å²) in [6, 6.07) is 5.30. The molecule has 0 spiro atoms. The first-order valence-corrected chi connectivity index (χ1v) is 6.06. The van der Waals surface area contributed by atoms with Crippen molar-refractivity contribution in [2.24, 2.45) is 0 Å². The lowest BCUT2D eigenvalue weighted by Gasteiger charge is -2.00. The molecular weight excluding hydrogens is 209 g/mol. The van der Waals surface area contributed by atoms with Crippen LogP contribution in [0.15, 0.2) is 23.6 Å². The van der Waals surface area contributed by atoms with Gasteiger partial charge in [0, 0.05) is 0 Å². The van der Waals surface area contributed by atoms with E-state index in [0.29, 0.717) is 0 Å². The summed E-state index contributed by atoms with van der Waals surface area (Å²) in [5.74, 6) is -0.104. The number of rotatable bonds is 4. The smallest absolute Gasteiger partial charge is 0.140 e. The van der Waals surface area contributed by atoms with Crippen molar-refractivity contribution in [2.75, 3.05) is 13.1 Å². The van der Waals surface area contributed by atoms with E-state index in [-0.39, 0.29) is 5.82 Å². The Morgan fingerprint density at radius 3 is 3.07 bits per heavy atom. The standard InChI is InChI=1S/C12H14FNS/c1-2-14-7-6-9-8-15-12-10(9)4-3-5-11(12)13/h3-5,8,14H,2,6-7H2,1H3. The van der Waals surface area contributed by atoms with E-state index in [1.165, 1.54) is 23.0 Å². The van der Waals surface area contributed by atoms with Crippen LogP contribution in [0.4, 0.5) is 4.39 Å². The van der Waals surface area contributed by atoms with Gasteiger partial charge in [0.05, 0.1) is 4.70 Å². The molecule has 0 aliphatic rings. The molecule has 0 bridgehead atoms. The van der Waals surface area contributed by atoms with Crippen molar-refractivity contribution in [3.8, 4) is 0 Å². The average molecular weight is 223 g/mol. The van der Waals surface area contributed by atoms with Crippen LogP contribution in [-0.4, -0.2) is 13.1 Å². The predicted molar refractivity (Wildman–Crippen MR) is 64.0 cm³/mol. The monoisotopic (exact) mass is 223 g/mol. The van der Waals surface area contributed by atoms with Crippen LogP contribution in [0.5, 0.6) is 0 Å².